The molecule has 3 heterocycles. The third-order valence-corrected chi connectivity index (χ3v) is 6.75. The zero-order valence-corrected chi connectivity index (χ0v) is 21.3. The van der Waals surface area contributed by atoms with Gasteiger partial charge in [0.15, 0.2) is 5.11 Å². The van der Waals surface area contributed by atoms with Gasteiger partial charge in [0.25, 0.3) is 0 Å². The number of ether oxygens (including phenoxy) is 1. The van der Waals surface area contributed by atoms with Gasteiger partial charge < -0.3 is 19.5 Å². The highest BCUT2D eigenvalue weighted by Crippen LogP contribution is 2.42. The van der Waals surface area contributed by atoms with Crippen molar-refractivity contribution in [3.8, 4) is 11.4 Å². The van der Waals surface area contributed by atoms with Gasteiger partial charge in [-0.1, -0.05) is 12.1 Å². The van der Waals surface area contributed by atoms with Crippen LogP contribution in [0.4, 0.5) is 5.69 Å². The smallest absolute Gasteiger partial charge is 0.174 e. The molecule has 0 amide bonds. The number of aromatic nitrogens is 2. The van der Waals surface area contributed by atoms with E-state index in [1.165, 1.54) is 11.1 Å². The molecule has 1 saturated heterocycles. The Bertz CT molecular complexity index is 1330. The third-order valence-electron chi connectivity index (χ3n) is 6.44. The summed E-state index contributed by atoms with van der Waals surface area (Å²) in [6.45, 7) is 8.35. The quantitative estimate of drug-likeness (QED) is 0.320. The molecular weight excluding hydrogens is 452 g/mol. The van der Waals surface area contributed by atoms with Gasteiger partial charge in [-0.3, -0.25) is 4.98 Å². The van der Waals surface area contributed by atoms with Crippen molar-refractivity contribution in [3.63, 3.8) is 0 Å². The molecule has 0 radical (unpaired) electrons. The molecule has 2 aromatic heterocycles. The largest absolute Gasteiger partial charge is 0.491 e. The van der Waals surface area contributed by atoms with Crippen LogP contribution in [0.2, 0.25) is 0 Å². The van der Waals surface area contributed by atoms with Gasteiger partial charge >= 0.3 is 0 Å². The molecule has 1 aliphatic rings. The van der Waals surface area contributed by atoms with E-state index in [9.17, 15) is 0 Å². The van der Waals surface area contributed by atoms with Crippen LogP contribution in [0, 0.1) is 13.8 Å². The van der Waals surface area contributed by atoms with Crippen molar-refractivity contribution in [2.24, 2.45) is 0 Å². The molecule has 0 aliphatic carbocycles. The first-order valence-electron chi connectivity index (χ1n) is 11.9. The van der Waals surface area contributed by atoms with E-state index in [4.69, 9.17) is 17.0 Å². The van der Waals surface area contributed by atoms with Crippen LogP contribution >= 0.6 is 12.2 Å². The van der Waals surface area contributed by atoms with E-state index < -0.39 is 0 Å². The first-order valence-corrected chi connectivity index (χ1v) is 12.4. The normalized spacial score (nSPS) is 17.6. The molecule has 5 nitrogen and oxygen atoms in total. The Morgan fingerprint density at radius 2 is 1.69 bits per heavy atom. The van der Waals surface area contributed by atoms with E-state index in [-0.39, 0.29) is 18.2 Å². The van der Waals surface area contributed by atoms with Gasteiger partial charge in [0, 0.05) is 29.5 Å². The number of thiocarbonyl (C=S) groups is 1. The number of benzene rings is 2. The molecular formula is C29H30N4OS. The minimum atomic E-state index is -0.101. The summed E-state index contributed by atoms with van der Waals surface area (Å²) in [6.07, 6.45) is 4.08. The number of anilines is 1. The first-order chi connectivity index (χ1) is 16.9. The number of nitrogens with zero attached hydrogens (tertiary/aromatic N) is 3. The Morgan fingerprint density at radius 1 is 0.914 bits per heavy atom. The Morgan fingerprint density at radius 3 is 2.37 bits per heavy atom. The lowest BCUT2D eigenvalue weighted by atomic mass is 10.0. The van der Waals surface area contributed by atoms with Crippen LogP contribution in [0.1, 0.15) is 48.4 Å². The predicted octanol–water partition coefficient (Wildman–Crippen LogP) is 6.45. The van der Waals surface area contributed by atoms with Crippen molar-refractivity contribution >= 4 is 23.0 Å². The molecule has 4 aromatic rings. The van der Waals surface area contributed by atoms with Crippen molar-refractivity contribution in [1.29, 1.82) is 0 Å². The first kappa shape index (κ1) is 23.1. The summed E-state index contributed by atoms with van der Waals surface area (Å²) in [7, 11) is 0. The fourth-order valence-electron chi connectivity index (χ4n) is 4.64. The SMILES string of the molecule is Cc1ccc(-n2cccc2[C@H]2[C@@H](c3ccccn3)NC(=S)N2c2ccc(OC(C)C)cc2)cc1C. The number of nitrogens with one attached hydrogen (secondary N) is 1. The Kier molecular flexibility index (Phi) is 6.31. The highest BCUT2D eigenvalue weighted by atomic mass is 32.1. The Labute approximate surface area is 212 Å². The van der Waals surface area contributed by atoms with Crippen molar-refractivity contribution in [1.82, 2.24) is 14.9 Å². The summed E-state index contributed by atoms with van der Waals surface area (Å²) < 4.78 is 8.12. The van der Waals surface area contributed by atoms with Gasteiger partial charge in [0.05, 0.1) is 17.8 Å². The fourth-order valence-corrected chi connectivity index (χ4v) is 4.98. The zero-order valence-electron chi connectivity index (χ0n) is 20.5. The summed E-state index contributed by atoms with van der Waals surface area (Å²) in [5.74, 6) is 0.846. The average molecular weight is 483 g/mol. The number of hydrogen-bond donors (Lipinski definition) is 1. The maximum absolute atomic E-state index is 5.90. The maximum atomic E-state index is 5.90. The van der Waals surface area contributed by atoms with E-state index >= 15 is 0 Å². The second kappa shape index (κ2) is 9.55. The van der Waals surface area contributed by atoms with Crippen LogP contribution in [0.15, 0.2) is 85.2 Å². The van der Waals surface area contributed by atoms with Gasteiger partial charge in [-0.25, -0.2) is 0 Å². The summed E-state index contributed by atoms with van der Waals surface area (Å²) in [5.41, 5.74) is 6.78. The second-order valence-corrected chi connectivity index (χ2v) is 9.62. The molecule has 1 fully saturated rings. The van der Waals surface area contributed by atoms with E-state index in [2.05, 4.69) is 88.3 Å². The van der Waals surface area contributed by atoms with E-state index in [1.807, 2.05) is 44.3 Å². The molecule has 1 N–H and O–H groups in total. The predicted molar refractivity (Wildman–Crippen MR) is 145 cm³/mol. The maximum Gasteiger partial charge on any atom is 0.174 e. The highest BCUT2D eigenvalue weighted by Gasteiger charge is 2.42. The summed E-state index contributed by atoms with van der Waals surface area (Å²) >= 11 is 5.90. The van der Waals surface area contributed by atoms with Gasteiger partial charge in [0.1, 0.15) is 11.8 Å². The van der Waals surface area contributed by atoms with E-state index in [1.54, 1.807) is 0 Å². The van der Waals surface area contributed by atoms with Crippen molar-refractivity contribution in [2.45, 2.75) is 45.9 Å². The molecule has 0 saturated carbocycles. The molecule has 5 rings (SSSR count). The average Bonchev–Trinajstić information content (AvgIpc) is 3.46. The number of hydrogen-bond acceptors (Lipinski definition) is 3. The topological polar surface area (TPSA) is 42.3 Å². The second-order valence-electron chi connectivity index (χ2n) is 9.23. The molecule has 0 unspecified atom stereocenters. The number of rotatable bonds is 6. The molecule has 35 heavy (non-hydrogen) atoms. The minimum Gasteiger partial charge on any atom is -0.491 e. The molecule has 178 valence electrons. The third kappa shape index (κ3) is 4.54. The van der Waals surface area contributed by atoms with Gasteiger partial charge in [-0.15, -0.1) is 0 Å². The fraction of sp³-hybridized carbons (Fsp3) is 0.241. The molecule has 2 aromatic carbocycles. The van der Waals surface area contributed by atoms with Gasteiger partial charge in [-0.05, 0) is 112 Å². The van der Waals surface area contributed by atoms with E-state index in [0.717, 1.165) is 28.5 Å². The highest BCUT2D eigenvalue weighted by molar-refractivity contribution is 7.80. The van der Waals surface area contributed by atoms with Gasteiger partial charge in [-0.2, -0.15) is 0 Å². The summed E-state index contributed by atoms with van der Waals surface area (Å²) in [6, 6.07) is 24.8. The lowest BCUT2D eigenvalue weighted by Gasteiger charge is -2.29. The zero-order chi connectivity index (χ0) is 24.5. The van der Waals surface area contributed by atoms with Crippen molar-refractivity contribution in [3.05, 3.63) is 108 Å². The van der Waals surface area contributed by atoms with Crippen LogP contribution in [0.3, 0.4) is 0 Å². The standard InChI is InChI=1S/C29H30N4OS/c1-19(2)34-24-14-12-22(13-15-24)33-28(27(31-29(33)35)25-8-5-6-16-30-25)26-9-7-17-32(26)23-11-10-20(3)21(4)18-23/h5-19,27-28H,1-4H3,(H,31,35)/t27-,28+/m1/s1. The molecule has 0 spiro atoms. The number of aryl methyl sites for hydroxylation is 2. The number of pyridine rings is 1. The lowest BCUT2D eigenvalue weighted by molar-refractivity contribution is 0.242. The van der Waals surface area contributed by atoms with Crippen LogP contribution in [-0.2, 0) is 0 Å². The van der Waals surface area contributed by atoms with Crippen LogP contribution in [0.25, 0.3) is 5.69 Å². The molecule has 0 bridgehead atoms. The van der Waals surface area contributed by atoms with Crippen molar-refractivity contribution < 1.29 is 4.74 Å². The molecule has 2 atom stereocenters. The summed E-state index contributed by atoms with van der Waals surface area (Å²) in [5, 5.41) is 4.23. The van der Waals surface area contributed by atoms with Gasteiger partial charge in [0.2, 0.25) is 0 Å². The lowest BCUT2D eigenvalue weighted by Crippen LogP contribution is -2.30. The minimum absolute atomic E-state index is 0.0918. The molecule has 6 heteroatoms. The Hall–Kier alpha value is -3.64. The van der Waals surface area contributed by atoms with Crippen LogP contribution in [0.5, 0.6) is 5.75 Å². The Balaban J connectivity index is 1.61. The van der Waals surface area contributed by atoms with Crippen LogP contribution < -0.4 is 15.0 Å². The van der Waals surface area contributed by atoms with Crippen molar-refractivity contribution in [2.75, 3.05) is 4.90 Å². The molecule has 1 aliphatic heterocycles. The monoisotopic (exact) mass is 482 g/mol. The summed E-state index contributed by atoms with van der Waals surface area (Å²) in [4.78, 5) is 6.88. The van der Waals surface area contributed by atoms with E-state index in [0.29, 0.717) is 5.11 Å². The van der Waals surface area contributed by atoms with Crippen LogP contribution in [-0.4, -0.2) is 20.8 Å².